The maximum atomic E-state index is 13.1. The van der Waals surface area contributed by atoms with Crippen LogP contribution >= 0.6 is 11.3 Å². The van der Waals surface area contributed by atoms with E-state index < -0.39 is 0 Å². The van der Waals surface area contributed by atoms with Crippen molar-refractivity contribution in [2.75, 3.05) is 34.2 Å². The Bertz CT molecular complexity index is 973. The van der Waals surface area contributed by atoms with E-state index in [1.165, 1.54) is 32.7 Å². The van der Waals surface area contributed by atoms with Crippen molar-refractivity contribution in [1.82, 2.24) is 4.98 Å². The molecule has 28 heavy (non-hydrogen) atoms. The number of carbonyl (C=O) groups is 1. The number of hydrogen-bond acceptors (Lipinski definition) is 8. The molecule has 7 nitrogen and oxygen atoms in total. The van der Waals surface area contributed by atoms with Gasteiger partial charge >= 0.3 is 0 Å². The fraction of sp³-hybridized carbons (Fsp3) is 0.200. The van der Waals surface area contributed by atoms with Crippen LogP contribution in [0.5, 0.6) is 23.0 Å². The standard InChI is InChI=1S/C20H20N2O5S/c1-24-13-7-5-11(6-8-13)20-22-19(21)18(28-20)16(23)12-9-14(25-2)17(27-4)15(10-12)26-3/h5-10H,21H2,1-4H3. The van der Waals surface area contributed by atoms with Gasteiger partial charge in [-0.25, -0.2) is 4.98 Å². The number of ether oxygens (including phenoxy) is 4. The molecule has 2 aromatic carbocycles. The molecule has 0 unspecified atom stereocenters. The summed E-state index contributed by atoms with van der Waals surface area (Å²) in [6.07, 6.45) is 0. The summed E-state index contributed by atoms with van der Waals surface area (Å²) in [6.45, 7) is 0. The van der Waals surface area contributed by atoms with Crippen LogP contribution in [-0.2, 0) is 0 Å². The monoisotopic (exact) mass is 400 g/mol. The number of aromatic nitrogens is 1. The molecule has 0 saturated carbocycles. The fourth-order valence-electron chi connectivity index (χ4n) is 2.69. The molecular formula is C20H20N2O5S. The maximum Gasteiger partial charge on any atom is 0.207 e. The third-order valence-corrected chi connectivity index (χ3v) is 5.24. The van der Waals surface area contributed by atoms with Crippen molar-refractivity contribution in [3.05, 3.63) is 46.8 Å². The van der Waals surface area contributed by atoms with Crippen LogP contribution < -0.4 is 24.7 Å². The lowest BCUT2D eigenvalue weighted by Gasteiger charge is -2.13. The first-order valence-electron chi connectivity index (χ1n) is 8.27. The van der Waals surface area contributed by atoms with Crippen LogP contribution in [0.3, 0.4) is 0 Å². The molecule has 0 aliphatic heterocycles. The smallest absolute Gasteiger partial charge is 0.207 e. The Labute approximate surface area is 166 Å². The molecule has 0 aliphatic rings. The average Bonchev–Trinajstić information content (AvgIpc) is 3.13. The summed E-state index contributed by atoms with van der Waals surface area (Å²) >= 11 is 1.23. The van der Waals surface area contributed by atoms with Crippen molar-refractivity contribution in [2.45, 2.75) is 0 Å². The maximum absolute atomic E-state index is 13.1. The minimum atomic E-state index is -0.269. The number of methoxy groups -OCH3 is 4. The molecule has 0 radical (unpaired) electrons. The summed E-state index contributed by atoms with van der Waals surface area (Å²) in [7, 11) is 6.09. The number of nitrogen functional groups attached to an aromatic ring is 1. The number of thiazole rings is 1. The van der Waals surface area contributed by atoms with E-state index in [-0.39, 0.29) is 11.6 Å². The summed E-state index contributed by atoms with van der Waals surface area (Å²) in [5.41, 5.74) is 7.25. The highest BCUT2D eigenvalue weighted by molar-refractivity contribution is 7.17. The van der Waals surface area contributed by atoms with Gasteiger partial charge in [-0.1, -0.05) is 0 Å². The Morgan fingerprint density at radius 2 is 1.54 bits per heavy atom. The number of anilines is 1. The molecule has 2 N–H and O–H groups in total. The lowest BCUT2D eigenvalue weighted by Crippen LogP contribution is -2.05. The first-order chi connectivity index (χ1) is 13.5. The van der Waals surface area contributed by atoms with Gasteiger partial charge in [-0.15, -0.1) is 11.3 Å². The highest BCUT2D eigenvalue weighted by Crippen LogP contribution is 2.40. The lowest BCUT2D eigenvalue weighted by molar-refractivity contribution is 0.104. The van der Waals surface area contributed by atoms with Crippen LogP contribution in [0.25, 0.3) is 10.6 Å². The van der Waals surface area contributed by atoms with Gasteiger partial charge in [0.25, 0.3) is 0 Å². The van der Waals surface area contributed by atoms with Crippen molar-refractivity contribution in [1.29, 1.82) is 0 Å². The van der Waals surface area contributed by atoms with Gasteiger partial charge in [-0.2, -0.15) is 0 Å². The van der Waals surface area contributed by atoms with E-state index in [1.807, 2.05) is 24.3 Å². The van der Waals surface area contributed by atoms with Gasteiger partial charge in [-0.3, -0.25) is 4.79 Å². The van der Waals surface area contributed by atoms with Crippen molar-refractivity contribution in [2.24, 2.45) is 0 Å². The van der Waals surface area contributed by atoms with E-state index in [0.717, 1.165) is 11.3 Å². The van der Waals surface area contributed by atoms with Crippen molar-refractivity contribution < 1.29 is 23.7 Å². The molecule has 1 aromatic heterocycles. The molecule has 0 spiro atoms. The Morgan fingerprint density at radius 1 is 0.929 bits per heavy atom. The second kappa shape index (κ2) is 8.18. The number of benzene rings is 2. The Morgan fingerprint density at radius 3 is 2.04 bits per heavy atom. The molecule has 1 heterocycles. The number of rotatable bonds is 7. The Balaban J connectivity index is 2.00. The highest BCUT2D eigenvalue weighted by atomic mass is 32.1. The second-order valence-corrected chi connectivity index (χ2v) is 6.70. The topological polar surface area (TPSA) is 92.9 Å². The number of hydrogen-bond donors (Lipinski definition) is 1. The molecule has 0 atom stereocenters. The van der Waals surface area contributed by atoms with E-state index in [0.29, 0.717) is 32.7 Å². The predicted molar refractivity (Wildman–Crippen MR) is 108 cm³/mol. The third-order valence-electron chi connectivity index (χ3n) is 4.12. The molecule has 0 aliphatic carbocycles. The van der Waals surface area contributed by atoms with Crippen LogP contribution in [0.15, 0.2) is 36.4 Å². The van der Waals surface area contributed by atoms with Crippen molar-refractivity contribution in [3.8, 4) is 33.6 Å². The van der Waals surface area contributed by atoms with E-state index >= 15 is 0 Å². The molecule has 3 aromatic rings. The third kappa shape index (κ3) is 3.59. The first-order valence-corrected chi connectivity index (χ1v) is 9.09. The molecule has 0 saturated heterocycles. The van der Waals surface area contributed by atoms with Gasteiger partial charge in [0.05, 0.1) is 28.4 Å². The SMILES string of the molecule is COc1ccc(-c2nc(N)c(C(=O)c3cc(OC)c(OC)c(OC)c3)s2)cc1. The van der Waals surface area contributed by atoms with Gasteiger partial charge in [-0.05, 0) is 36.4 Å². The summed E-state index contributed by atoms with van der Waals surface area (Å²) < 4.78 is 21.1. The molecular weight excluding hydrogens is 380 g/mol. The summed E-state index contributed by atoms with van der Waals surface area (Å²) in [5, 5.41) is 0.649. The van der Waals surface area contributed by atoms with Crippen molar-refractivity contribution in [3.63, 3.8) is 0 Å². The van der Waals surface area contributed by atoms with Crippen LogP contribution in [-0.4, -0.2) is 39.2 Å². The van der Waals surface area contributed by atoms with Crippen LogP contribution in [0, 0.1) is 0 Å². The van der Waals surface area contributed by atoms with Gasteiger partial charge in [0.15, 0.2) is 11.5 Å². The van der Waals surface area contributed by atoms with Gasteiger partial charge in [0.1, 0.15) is 21.5 Å². The molecule has 146 valence electrons. The zero-order valence-electron chi connectivity index (χ0n) is 15.9. The van der Waals surface area contributed by atoms with Gasteiger partial charge < -0.3 is 24.7 Å². The Kier molecular flexibility index (Phi) is 5.70. The molecule has 0 fully saturated rings. The highest BCUT2D eigenvalue weighted by Gasteiger charge is 2.22. The zero-order chi connectivity index (χ0) is 20.3. The average molecular weight is 400 g/mol. The minimum absolute atomic E-state index is 0.176. The van der Waals surface area contributed by atoms with Crippen LogP contribution in [0.4, 0.5) is 5.82 Å². The summed E-state index contributed by atoms with van der Waals surface area (Å²) in [4.78, 5) is 17.8. The van der Waals surface area contributed by atoms with Gasteiger partial charge in [0, 0.05) is 11.1 Å². The van der Waals surface area contributed by atoms with Gasteiger partial charge in [0.2, 0.25) is 11.5 Å². The van der Waals surface area contributed by atoms with Crippen LogP contribution in [0.1, 0.15) is 15.2 Å². The number of carbonyl (C=O) groups excluding carboxylic acids is 1. The lowest BCUT2D eigenvalue weighted by atomic mass is 10.1. The second-order valence-electron chi connectivity index (χ2n) is 5.71. The summed E-state index contributed by atoms with van der Waals surface area (Å²) in [5.74, 6) is 1.84. The molecule has 3 rings (SSSR count). The quantitative estimate of drug-likeness (QED) is 0.605. The minimum Gasteiger partial charge on any atom is -0.497 e. The van der Waals surface area contributed by atoms with E-state index in [2.05, 4.69) is 4.98 Å². The number of nitrogens with two attached hydrogens (primary N) is 1. The van der Waals surface area contributed by atoms with E-state index in [9.17, 15) is 4.79 Å². The fourth-order valence-corrected chi connectivity index (χ4v) is 3.65. The Hall–Kier alpha value is -3.26. The van der Waals surface area contributed by atoms with Crippen molar-refractivity contribution >= 4 is 22.9 Å². The molecule has 0 amide bonds. The largest absolute Gasteiger partial charge is 0.497 e. The van der Waals surface area contributed by atoms with Crippen LogP contribution in [0.2, 0.25) is 0 Å². The number of nitrogens with zero attached hydrogens (tertiary/aromatic N) is 1. The van der Waals surface area contributed by atoms with E-state index in [4.69, 9.17) is 24.7 Å². The van der Waals surface area contributed by atoms with E-state index in [1.54, 1.807) is 19.2 Å². The summed E-state index contributed by atoms with van der Waals surface area (Å²) in [6, 6.07) is 10.6. The molecule has 8 heteroatoms. The molecule has 0 bridgehead atoms. The zero-order valence-corrected chi connectivity index (χ0v) is 16.8. The normalized spacial score (nSPS) is 10.4. The predicted octanol–water partition coefficient (Wildman–Crippen LogP) is 3.66. The number of ketones is 1. The first kappa shape index (κ1) is 19.5.